The van der Waals surface area contributed by atoms with Crippen molar-refractivity contribution in [3.05, 3.63) is 29.3 Å². The Morgan fingerprint density at radius 3 is 3.06 bits per heavy atom. The summed E-state index contributed by atoms with van der Waals surface area (Å²) < 4.78 is 5.61. The van der Waals surface area contributed by atoms with E-state index in [9.17, 15) is 4.79 Å². The zero-order valence-electron chi connectivity index (χ0n) is 10.8. The Kier molecular flexibility index (Phi) is 4.20. The Morgan fingerprint density at radius 2 is 2.28 bits per heavy atom. The summed E-state index contributed by atoms with van der Waals surface area (Å²) in [5, 5.41) is 0. The molecule has 0 aliphatic carbocycles. The van der Waals surface area contributed by atoms with E-state index in [1.165, 1.54) is 0 Å². The minimum atomic E-state index is 0.107. The van der Waals surface area contributed by atoms with Gasteiger partial charge in [0.1, 0.15) is 5.75 Å². The molecule has 0 saturated carbocycles. The molecule has 1 aromatic rings. The van der Waals surface area contributed by atoms with Crippen LogP contribution >= 0.6 is 0 Å². The summed E-state index contributed by atoms with van der Waals surface area (Å²) in [6.07, 6.45) is 2.78. The molecular formula is C14H20N2O2. The Labute approximate surface area is 108 Å². The van der Waals surface area contributed by atoms with Crippen LogP contribution in [0.1, 0.15) is 28.8 Å². The maximum atomic E-state index is 12.1. The van der Waals surface area contributed by atoms with Gasteiger partial charge in [-0.3, -0.25) is 4.79 Å². The number of amides is 1. The second-order valence-corrected chi connectivity index (χ2v) is 4.64. The maximum absolute atomic E-state index is 12.1. The van der Waals surface area contributed by atoms with Crippen LogP contribution in [0.4, 0.5) is 0 Å². The van der Waals surface area contributed by atoms with Crippen LogP contribution in [0.15, 0.2) is 18.2 Å². The lowest BCUT2D eigenvalue weighted by atomic mass is 10.0. The van der Waals surface area contributed by atoms with Gasteiger partial charge in [0.05, 0.1) is 6.61 Å². The number of hydrogen-bond donors (Lipinski definition) is 1. The average molecular weight is 248 g/mol. The normalized spacial score (nSPS) is 15.2. The summed E-state index contributed by atoms with van der Waals surface area (Å²) in [5.74, 6) is 0.940. The van der Waals surface area contributed by atoms with Crippen molar-refractivity contribution in [2.24, 2.45) is 5.73 Å². The van der Waals surface area contributed by atoms with Crippen LogP contribution in [0, 0.1) is 0 Å². The third-order valence-corrected chi connectivity index (χ3v) is 3.21. The summed E-state index contributed by atoms with van der Waals surface area (Å²) >= 11 is 0. The fraction of sp³-hybridized carbons (Fsp3) is 0.500. The van der Waals surface area contributed by atoms with Crippen molar-refractivity contribution in [3.63, 3.8) is 0 Å². The van der Waals surface area contributed by atoms with Crippen LogP contribution in [-0.2, 0) is 6.42 Å². The van der Waals surface area contributed by atoms with E-state index >= 15 is 0 Å². The first-order chi connectivity index (χ1) is 8.72. The molecule has 1 aliphatic rings. The second kappa shape index (κ2) is 5.87. The van der Waals surface area contributed by atoms with E-state index < -0.39 is 0 Å². The number of benzene rings is 1. The van der Waals surface area contributed by atoms with Crippen molar-refractivity contribution in [2.45, 2.75) is 19.3 Å². The fourth-order valence-corrected chi connectivity index (χ4v) is 2.16. The molecule has 0 bridgehead atoms. The van der Waals surface area contributed by atoms with Crippen LogP contribution in [0.2, 0.25) is 0 Å². The average Bonchev–Trinajstić information content (AvgIpc) is 2.51. The van der Waals surface area contributed by atoms with Crippen LogP contribution < -0.4 is 10.5 Å². The number of nitrogens with zero attached hydrogens (tertiary/aromatic N) is 1. The first kappa shape index (κ1) is 12.9. The van der Waals surface area contributed by atoms with Crippen molar-refractivity contribution in [2.75, 3.05) is 26.7 Å². The lowest BCUT2D eigenvalue weighted by Gasteiger charge is -2.14. The highest BCUT2D eigenvalue weighted by atomic mass is 16.5. The molecule has 0 unspecified atom stereocenters. The van der Waals surface area contributed by atoms with Gasteiger partial charge >= 0.3 is 0 Å². The van der Waals surface area contributed by atoms with Crippen molar-refractivity contribution < 1.29 is 9.53 Å². The van der Waals surface area contributed by atoms with Gasteiger partial charge in [0, 0.05) is 19.2 Å². The predicted octanol–water partition coefficient (Wildman–Crippen LogP) is 1.43. The number of rotatable bonds is 4. The highest BCUT2D eigenvalue weighted by Crippen LogP contribution is 2.23. The van der Waals surface area contributed by atoms with E-state index in [4.69, 9.17) is 10.5 Å². The van der Waals surface area contributed by atoms with Gasteiger partial charge in [-0.15, -0.1) is 0 Å². The van der Waals surface area contributed by atoms with Gasteiger partial charge in [-0.1, -0.05) is 0 Å². The minimum Gasteiger partial charge on any atom is -0.494 e. The Hall–Kier alpha value is -1.55. The van der Waals surface area contributed by atoms with E-state index in [1.807, 2.05) is 25.2 Å². The third kappa shape index (κ3) is 2.82. The summed E-state index contributed by atoms with van der Waals surface area (Å²) in [7, 11) is 1.85. The number of ether oxygens (including phenoxy) is 1. The van der Waals surface area contributed by atoms with Gasteiger partial charge < -0.3 is 15.4 Å². The highest BCUT2D eigenvalue weighted by molar-refractivity contribution is 5.96. The molecule has 4 heteroatoms. The standard InChI is InChI=1S/C14H20N2O2/c1-16-8-2-4-11-10-12(18-9-3-7-15)5-6-13(11)14(16)17/h5-6,10H,2-4,7-9,15H2,1H3. The molecule has 1 heterocycles. The Morgan fingerprint density at radius 1 is 1.44 bits per heavy atom. The molecule has 4 nitrogen and oxygen atoms in total. The molecular weight excluding hydrogens is 228 g/mol. The number of hydrogen-bond acceptors (Lipinski definition) is 3. The lowest BCUT2D eigenvalue weighted by molar-refractivity contribution is 0.0800. The smallest absolute Gasteiger partial charge is 0.253 e. The fourth-order valence-electron chi connectivity index (χ4n) is 2.16. The van der Waals surface area contributed by atoms with E-state index in [1.54, 1.807) is 4.90 Å². The molecule has 0 fully saturated rings. The first-order valence-electron chi connectivity index (χ1n) is 6.43. The van der Waals surface area contributed by atoms with Gasteiger partial charge in [0.25, 0.3) is 5.91 Å². The molecule has 0 saturated heterocycles. The number of carbonyl (C=O) groups is 1. The monoisotopic (exact) mass is 248 g/mol. The Balaban J connectivity index is 2.16. The van der Waals surface area contributed by atoms with Crippen molar-refractivity contribution in [1.82, 2.24) is 4.90 Å². The van der Waals surface area contributed by atoms with Crippen LogP contribution in [0.5, 0.6) is 5.75 Å². The van der Waals surface area contributed by atoms with Gasteiger partial charge in [-0.2, -0.15) is 0 Å². The summed E-state index contributed by atoms with van der Waals surface area (Å²) in [6, 6.07) is 5.73. The van der Waals surface area contributed by atoms with E-state index in [0.29, 0.717) is 13.2 Å². The molecule has 1 aromatic carbocycles. The van der Waals surface area contributed by atoms with Crippen LogP contribution in [-0.4, -0.2) is 37.6 Å². The molecule has 2 rings (SSSR count). The van der Waals surface area contributed by atoms with E-state index in [2.05, 4.69) is 0 Å². The number of carbonyl (C=O) groups excluding carboxylic acids is 1. The second-order valence-electron chi connectivity index (χ2n) is 4.64. The van der Waals surface area contributed by atoms with Crippen LogP contribution in [0.3, 0.4) is 0 Å². The first-order valence-corrected chi connectivity index (χ1v) is 6.43. The number of aryl methyl sites for hydroxylation is 1. The molecule has 2 N–H and O–H groups in total. The molecule has 1 amide bonds. The zero-order chi connectivity index (χ0) is 13.0. The summed E-state index contributed by atoms with van der Waals surface area (Å²) in [4.78, 5) is 13.9. The van der Waals surface area contributed by atoms with E-state index in [0.717, 1.165) is 42.7 Å². The van der Waals surface area contributed by atoms with Gasteiger partial charge in [-0.05, 0) is 49.6 Å². The SMILES string of the molecule is CN1CCCc2cc(OCCCN)ccc2C1=O. The topological polar surface area (TPSA) is 55.6 Å². The molecule has 0 aromatic heterocycles. The Bertz CT molecular complexity index is 432. The molecule has 18 heavy (non-hydrogen) atoms. The third-order valence-electron chi connectivity index (χ3n) is 3.21. The lowest BCUT2D eigenvalue weighted by Crippen LogP contribution is -2.26. The highest BCUT2D eigenvalue weighted by Gasteiger charge is 2.19. The minimum absolute atomic E-state index is 0.107. The van der Waals surface area contributed by atoms with E-state index in [-0.39, 0.29) is 5.91 Å². The molecule has 98 valence electrons. The molecule has 0 radical (unpaired) electrons. The molecule has 0 atom stereocenters. The van der Waals surface area contributed by atoms with Gasteiger partial charge in [0.15, 0.2) is 0 Å². The number of fused-ring (bicyclic) bond motifs is 1. The summed E-state index contributed by atoms with van der Waals surface area (Å²) in [6.45, 7) is 2.08. The summed E-state index contributed by atoms with van der Waals surface area (Å²) in [5.41, 5.74) is 7.33. The predicted molar refractivity (Wildman–Crippen MR) is 70.9 cm³/mol. The quantitative estimate of drug-likeness (QED) is 0.820. The molecule has 1 aliphatic heterocycles. The number of nitrogens with two attached hydrogens (primary N) is 1. The zero-order valence-corrected chi connectivity index (χ0v) is 10.8. The largest absolute Gasteiger partial charge is 0.494 e. The van der Waals surface area contributed by atoms with Crippen molar-refractivity contribution in [3.8, 4) is 5.75 Å². The van der Waals surface area contributed by atoms with Crippen LogP contribution in [0.25, 0.3) is 0 Å². The maximum Gasteiger partial charge on any atom is 0.253 e. The van der Waals surface area contributed by atoms with Gasteiger partial charge in [0.2, 0.25) is 0 Å². The molecule has 0 spiro atoms. The van der Waals surface area contributed by atoms with Crippen molar-refractivity contribution in [1.29, 1.82) is 0 Å². The van der Waals surface area contributed by atoms with Crippen molar-refractivity contribution >= 4 is 5.91 Å². The van der Waals surface area contributed by atoms with Gasteiger partial charge in [-0.25, -0.2) is 0 Å².